The normalized spacial score (nSPS) is 10.1. The Morgan fingerprint density at radius 3 is 2.75 bits per heavy atom. The average Bonchev–Trinajstić information content (AvgIpc) is 2.27. The van der Waals surface area contributed by atoms with Gasteiger partial charge in [-0.15, -0.1) is 0 Å². The number of hydrogen-bond donors (Lipinski definition) is 2. The minimum absolute atomic E-state index is 0.0137. The monoisotopic (exact) mass is 221 g/mol. The topological polar surface area (TPSA) is 50.9 Å². The molecule has 1 aromatic carbocycles. The predicted octanol–water partition coefficient (Wildman–Crippen LogP) is 2.69. The second kappa shape index (κ2) is 4.14. The zero-order valence-corrected chi connectivity index (χ0v) is 8.24. The first-order valence-electron chi connectivity index (χ1n) is 4.59. The Bertz CT molecular complexity index is 514. The van der Waals surface area contributed by atoms with Gasteiger partial charge in [-0.3, -0.25) is 0 Å². The van der Waals surface area contributed by atoms with Crippen molar-refractivity contribution in [3.63, 3.8) is 0 Å². The van der Waals surface area contributed by atoms with Crippen LogP contribution in [0, 0.1) is 11.6 Å². The number of nitrogens with zero attached hydrogens (tertiary/aromatic N) is 1. The molecule has 0 unspecified atom stereocenters. The lowest BCUT2D eigenvalue weighted by Crippen LogP contribution is -2.00. The largest absolute Gasteiger partial charge is 0.397 e. The fourth-order valence-electron chi connectivity index (χ4n) is 1.24. The van der Waals surface area contributed by atoms with Crippen molar-refractivity contribution in [2.24, 2.45) is 0 Å². The number of aromatic nitrogens is 1. The van der Waals surface area contributed by atoms with Gasteiger partial charge in [0, 0.05) is 6.20 Å². The number of halogens is 2. The number of nitrogen functional groups attached to an aromatic ring is 1. The number of rotatable bonds is 2. The van der Waals surface area contributed by atoms with Gasteiger partial charge in [-0.05, 0) is 30.3 Å². The molecule has 0 bridgehead atoms. The summed E-state index contributed by atoms with van der Waals surface area (Å²) >= 11 is 0. The minimum atomic E-state index is -0.522. The summed E-state index contributed by atoms with van der Waals surface area (Å²) in [5.74, 6) is -0.959. The molecule has 1 aromatic heterocycles. The van der Waals surface area contributed by atoms with Gasteiger partial charge >= 0.3 is 0 Å². The van der Waals surface area contributed by atoms with E-state index in [1.165, 1.54) is 36.5 Å². The van der Waals surface area contributed by atoms with Crippen LogP contribution < -0.4 is 11.1 Å². The SMILES string of the molecule is Nc1ccc(F)cc1Nc1ncccc1F. The highest BCUT2D eigenvalue weighted by molar-refractivity contribution is 5.71. The summed E-state index contributed by atoms with van der Waals surface area (Å²) in [6.07, 6.45) is 1.43. The van der Waals surface area contributed by atoms with Crippen LogP contribution in [0.4, 0.5) is 26.0 Å². The van der Waals surface area contributed by atoms with E-state index in [4.69, 9.17) is 5.73 Å². The summed E-state index contributed by atoms with van der Waals surface area (Å²) < 4.78 is 26.2. The molecule has 3 N–H and O–H groups in total. The lowest BCUT2D eigenvalue weighted by atomic mass is 10.2. The van der Waals surface area contributed by atoms with Crippen LogP contribution >= 0.6 is 0 Å². The number of anilines is 3. The number of benzene rings is 1. The van der Waals surface area contributed by atoms with E-state index in [2.05, 4.69) is 10.3 Å². The third kappa shape index (κ3) is 2.08. The van der Waals surface area contributed by atoms with Gasteiger partial charge in [0.2, 0.25) is 0 Å². The van der Waals surface area contributed by atoms with Crippen LogP contribution in [0.3, 0.4) is 0 Å². The van der Waals surface area contributed by atoms with E-state index in [0.717, 1.165) is 0 Å². The molecule has 0 fully saturated rings. The minimum Gasteiger partial charge on any atom is -0.397 e. The van der Waals surface area contributed by atoms with Crippen LogP contribution in [-0.2, 0) is 0 Å². The molecule has 0 saturated heterocycles. The maximum absolute atomic E-state index is 13.2. The van der Waals surface area contributed by atoms with Gasteiger partial charge in [0.1, 0.15) is 5.82 Å². The third-order valence-corrected chi connectivity index (χ3v) is 2.03. The van der Waals surface area contributed by atoms with Crippen molar-refractivity contribution in [3.05, 3.63) is 48.2 Å². The summed E-state index contributed by atoms with van der Waals surface area (Å²) in [6, 6.07) is 6.54. The van der Waals surface area contributed by atoms with E-state index in [-0.39, 0.29) is 11.5 Å². The van der Waals surface area contributed by atoms with E-state index in [9.17, 15) is 8.78 Å². The molecule has 5 heteroatoms. The molecule has 16 heavy (non-hydrogen) atoms. The Morgan fingerprint density at radius 2 is 2.00 bits per heavy atom. The molecule has 0 atom stereocenters. The van der Waals surface area contributed by atoms with E-state index in [0.29, 0.717) is 5.69 Å². The summed E-state index contributed by atoms with van der Waals surface area (Å²) in [5, 5.41) is 2.63. The molecule has 2 aromatic rings. The van der Waals surface area contributed by atoms with Crippen LogP contribution in [0.15, 0.2) is 36.5 Å². The number of nitrogens with one attached hydrogen (secondary N) is 1. The van der Waals surface area contributed by atoms with E-state index < -0.39 is 11.6 Å². The van der Waals surface area contributed by atoms with Gasteiger partial charge in [-0.2, -0.15) is 0 Å². The van der Waals surface area contributed by atoms with Gasteiger partial charge in [-0.1, -0.05) is 0 Å². The van der Waals surface area contributed by atoms with Gasteiger partial charge in [0.05, 0.1) is 11.4 Å². The second-order valence-corrected chi connectivity index (χ2v) is 3.19. The van der Waals surface area contributed by atoms with Gasteiger partial charge in [0.25, 0.3) is 0 Å². The van der Waals surface area contributed by atoms with Crippen LogP contribution in [0.5, 0.6) is 0 Å². The molecule has 1 heterocycles. The van der Waals surface area contributed by atoms with Gasteiger partial charge < -0.3 is 11.1 Å². The Hall–Kier alpha value is -2.17. The van der Waals surface area contributed by atoms with E-state index >= 15 is 0 Å². The fourth-order valence-corrected chi connectivity index (χ4v) is 1.24. The molecule has 0 aliphatic heterocycles. The molecule has 3 nitrogen and oxygen atoms in total. The van der Waals surface area contributed by atoms with Crippen molar-refractivity contribution < 1.29 is 8.78 Å². The summed E-state index contributed by atoms with van der Waals surface area (Å²) in [6.45, 7) is 0. The van der Waals surface area contributed by atoms with Gasteiger partial charge in [0.15, 0.2) is 11.6 Å². The maximum atomic E-state index is 13.2. The number of pyridine rings is 1. The highest BCUT2D eigenvalue weighted by atomic mass is 19.1. The molecule has 0 spiro atoms. The highest BCUT2D eigenvalue weighted by Gasteiger charge is 2.05. The Balaban J connectivity index is 2.34. The van der Waals surface area contributed by atoms with Crippen molar-refractivity contribution >= 4 is 17.2 Å². The second-order valence-electron chi connectivity index (χ2n) is 3.19. The van der Waals surface area contributed by atoms with Crippen LogP contribution in [0.25, 0.3) is 0 Å². The summed E-state index contributed by atoms with van der Waals surface area (Å²) in [5.41, 5.74) is 6.22. The smallest absolute Gasteiger partial charge is 0.166 e. The van der Waals surface area contributed by atoms with Crippen molar-refractivity contribution in [2.75, 3.05) is 11.1 Å². The average molecular weight is 221 g/mol. The molecule has 82 valence electrons. The lowest BCUT2D eigenvalue weighted by molar-refractivity contribution is 0.624. The number of hydrogen-bond acceptors (Lipinski definition) is 3. The first-order valence-corrected chi connectivity index (χ1v) is 4.59. The summed E-state index contributed by atoms with van der Waals surface area (Å²) in [4.78, 5) is 3.78. The third-order valence-electron chi connectivity index (χ3n) is 2.03. The van der Waals surface area contributed by atoms with Crippen molar-refractivity contribution in [1.29, 1.82) is 0 Å². The molecule has 0 aliphatic carbocycles. The van der Waals surface area contributed by atoms with Crippen LogP contribution in [0.1, 0.15) is 0 Å². The zero-order valence-electron chi connectivity index (χ0n) is 8.24. The molecule has 0 radical (unpaired) electrons. The molecular weight excluding hydrogens is 212 g/mol. The molecule has 0 amide bonds. The quantitative estimate of drug-likeness (QED) is 0.766. The molecule has 0 saturated carbocycles. The predicted molar refractivity (Wildman–Crippen MR) is 58.3 cm³/mol. The van der Waals surface area contributed by atoms with Crippen LogP contribution in [-0.4, -0.2) is 4.98 Å². The van der Waals surface area contributed by atoms with Crippen molar-refractivity contribution in [1.82, 2.24) is 4.98 Å². The standard InChI is InChI=1S/C11H9F2N3/c12-7-3-4-9(14)10(6-7)16-11-8(13)2-1-5-15-11/h1-6H,14H2,(H,15,16). The first-order chi connectivity index (χ1) is 7.66. The molecule has 2 rings (SSSR count). The van der Waals surface area contributed by atoms with Gasteiger partial charge in [-0.25, -0.2) is 13.8 Å². The zero-order chi connectivity index (χ0) is 11.5. The highest BCUT2D eigenvalue weighted by Crippen LogP contribution is 2.23. The van der Waals surface area contributed by atoms with Crippen molar-refractivity contribution in [3.8, 4) is 0 Å². The lowest BCUT2D eigenvalue weighted by Gasteiger charge is -2.08. The maximum Gasteiger partial charge on any atom is 0.166 e. The van der Waals surface area contributed by atoms with E-state index in [1.807, 2.05) is 0 Å². The van der Waals surface area contributed by atoms with Crippen molar-refractivity contribution in [2.45, 2.75) is 0 Å². The fraction of sp³-hybridized carbons (Fsp3) is 0. The first kappa shape index (κ1) is 10.4. The summed E-state index contributed by atoms with van der Waals surface area (Å²) in [7, 11) is 0. The van der Waals surface area contributed by atoms with Crippen LogP contribution in [0.2, 0.25) is 0 Å². The number of nitrogens with two attached hydrogens (primary N) is 1. The van der Waals surface area contributed by atoms with E-state index in [1.54, 1.807) is 0 Å². The molecular formula is C11H9F2N3. The Labute approximate surface area is 90.9 Å². The Kier molecular flexibility index (Phi) is 2.68. The Morgan fingerprint density at radius 1 is 1.19 bits per heavy atom. The molecule has 0 aliphatic rings.